The molecule has 2 fully saturated rings. The number of carbonyl (C=O) groups excluding carboxylic acids is 2. The number of hydrogen-bond donors (Lipinski definition) is 2. The van der Waals surface area contributed by atoms with Gasteiger partial charge in [-0.2, -0.15) is 0 Å². The molecule has 160 valence electrons. The van der Waals surface area contributed by atoms with E-state index in [9.17, 15) is 19.2 Å². The van der Waals surface area contributed by atoms with Crippen molar-refractivity contribution in [3.8, 4) is 0 Å². The minimum Gasteiger partial charge on any atom is -0.354 e. The fourth-order valence-electron chi connectivity index (χ4n) is 4.04. The summed E-state index contributed by atoms with van der Waals surface area (Å²) >= 11 is 0. The number of nitrogens with one attached hydrogen (secondary N) is 1. The van der Waals surface area contributed by atoms with Crippen molar-refractivity contribution in [3.05, 3.63) is 17.3 Å². The van der Waals surface area contributed by atoms with E-state index in [2.05, 4.69) is 15.3 Å². The molecule has 2 heterocycles. The summed E-state index contributed by atoms with van der Waals surface area (Å²) in [5, 5.41) is 12.8. The average Bonchev–Trinajstić information content (AvgIpc) is 3.19. The van der Waals surface area contributed by atoms with Crippen molar-refractivity contribution in [1.29, 1.82) is 0 Å². The van der Waals surface area contributed by atoms with Crippen LogP contribution in [0, 0.1) is 17.7 Å². The summed E-state index contributed by atoms with van der Waals surface area (Å²) in [6, 6.07) is 0. The molecule has 1 atom stereocenters. The van der Waals surface area contributed by atoms with Gasteiger partial charge in [0.05, 0.1) is 19.0 Å². The highest BCUT2D eigenvalue weighted by atomic mass is 19.1. The zero-order valence-corrected chi connectivity index (χ0v) is 16.9. The highest BCUT2D eigenvalue weighted by Crippen LogP contribution is 2.31. The van der Waals surface area contributed by atoms with Crippen molar-refractivity contribution in [2.75, 3.05) is 24.5 Å². The molecule has 2 N–H and O–H groups in total. The van der Waals surface area contributed by atoms with E-state index in [1.807, 2.05) is 11.8 Å². The van der Waals surface area contributed by atoms with Gasteiger partial charge >= 0.3 is 0 Å². The van der Waals surface area contributed by atoms with Gasteiger partial charge in [0.1, 0.15) is 11.5 Å². The molecule has 3 rings (SSSR count). The number of aryl methyl sites for hydroxylation is 1. The molecule has 0 bridgehead atoms. The molecule has 1 aliphatic heterocycles. The molecular formula is C20H30FN5O3. The van der Waals surface area contributed by atoms with Crippen molar-refractivity contribution in [1.82, 2.24) is 20.3 Å². The topological polar surface area (TPSA) is 98.7 Å². The number of carbonyl (C=O) groups is 2. The first-order valence-corrected chi connectivity index (χ1v) is 10.5. The Morgan fingerprint density at radius 2 is 2.07 bits per heavy atom. The van der Waals surface area contributed by atoms with Gasteiger partial charge in [-0.25, -0.2) is 19.4 Å². The molecular weight excluding hydrogens is 377 g/mol. The average molecular weight is 407 g/mol. The highest BCUT2D eigenvalue weighted by molar-refractivity contribution is 5.79. The molecule has 0 radical (unpaired) electrons. The van der Waals surface area contributed by atoms with Crippen LogP contribution in [-0.2, 0) is 22.6 Å². The van der Waals surface area contributed by atoms with E-state index in [0.717, 1.165) is 45.2 Å². The van der Waals surface area contributed by atoms with Crippen molar-refractivity contribution in [3.63, 3.8) is 0 Å². The second kappa shape index (κ2) is 9.96. The van der Waals surface area contributed by atoms with Crippen LogP contribution in [0.15, 0.2) is 0 Å². The molecule has 1 aromatic heterocycles. The zero-order chi connectivity index (χ0) is 20.8. The van der Waals surface area contributed by atoms with E-state index in [-0.39, 0.29) is 24.7 Å². The Morgan fingerprint density at radius 1 is 1.34 bits per heavy atom. The van der Waals surface area contributed by atoms with Gasteiger partial charge in [0, 0.05) is 19.5 Å². The molecule has 0 spiro atoms. The van der Waals surface area contributed by atoms with E-state index in [1.54, 1.807) is 0 Å². The quantitative estimate of drug-likeness (QED) is 0.350. The SMILES string of the molecule is CCc1nc(CNC(=O)[C@H](CC2CCCC2)CN(O)C=O)c(F)c(N2CCC2)n1. The van der Waals surface area contributed by atoms with Gasteiger partial charge in [-0.05, 0) is 18.8 Å². The summed E-state index contributed by atoms with van der Waals surface area (Å²) in [5.74, 6) is -0.0875. The van der Waals surface area contributed by atoms with Gasteiger partial charge in [0.2, 0.25) is 12.3 Å². The van der Waals surface area contributed by atoms with Crippen LogP contribution in [0.5, 0.6) is 0 Å². The number of amides is 2. The highest BCUT2D eigenvalue weighted by Gasteiger charge is 2.28. The minimum atomic E-state index is -0.543. The minimum absolute atomic E-state index is 0.0469. The molecule has 1 saturated carbocycles. The van der Waals surface area contributed by atoms with Crippen molar-refractivity contribution in [2.24, 2.45) is 11.8 Å². The van der Waals surface area contributed by atoms with E-state index in [0.29, 0.717) is 41.9 Å². The first-order valence-electron chi connectivity index (χ1n) is 10.5. The maximum Gasteiger partial charge on any atom is 0.233 e. The molecule has 0 aromatic carbocycles. The second-order valence-electron chi connectivity index (χ2n) is 7.95. The van der Waals surface area contributed by atoms with Gasteiger partial charge in [-0.3, -0.25) is 14.8 Å². The van der Waals surface area contributed by atoms with Crippen LogP contribution in [0.25, 0.3) is 0 Å². The van der Waals surface area contributed by atoms with Crippen molar-refractivity contribution >= 4 is 18.1 Å². The van der Waals surface area contributed by atoms with Crippen LogP contribution in [0.3, 0.4) is 0 Å². The molecule has 1 aromatic rings. The Labute approximate surface area is 170 Å². The number of anilines is 1. The molecule has 9 heteroatoms. The first kappa shape index (κ1) is 21.4. The first-order chi connectivity index (χ1) is 14.0. The smallest absolute Gasteiger partial charge is 0.233 e. The number of hydrogen-bond acceptors (Lipinski definition) is 6. The number of halogens is 1. The summed E-state index contributed by atoms with van der Waals surface area (Å²) in [4.78, 5) is 34.0. The van der Waals surface area contributed by atoms with Crippen molar-refractivity contribution in [2.45, 2.75) is 58.4 Å². The van der Waals surface area contributed by atoms with Crippen LogP contribution in [0.1, 0.15) is 57.0 Å². The second-order valence-corrected chi connectivity index (χ2v) is 7.95. The Morgan fingerprint density at radius 3 is 2.66 bits per heavy atom. The Kier molecular flexibility index (Phi) is 7.35. The van der Waals surface area contributed by atoms with E-state index < -0.39 is 11.7 Å². The van der Waals surface area contributed by atoms with E-state index >= 15 is 0 Å². The lowest BCUT2D eigenvalue weighted by atomic mass is 9.92. The molecule has 1 aliphatic carbocycles. The Hall–Kier alpha value is -2.29. The molecule has 2 aliphatic rings. The number of aromatic nitrogens is 2. The van der Waals surface area contributed by atoms with Gasteiger partial charge in [-0.1, -0.05) is 32.6 Å². The molecule has 29 heavy (non-hydrogen) atoms. The van der Waals surface area contributed by atoms with Gasteiger partial charge in [0.15, 0.2) is 11.6 Å². The van der Waals surface area contributed by atoms with Gasteiger partial charge in [-0.15, -0.1) is 0 Å². The summed E-state index contributed by atoms with van der Waals surface area (Å²) in [6.45, 7) is 3.32. The van der Waals surface area contributed by atoms with Crippen LogP contribution < -0.4 is 10.2 Å². The summed E-state index contributed by atoms with van der Waals surface area (Å²) in [6.07, 6.45) is 6.86. The monoisotopic (exact) mass is 407 g/mol. The zero-order valence-electron chi connectivity index (χ0n) is 16.9. The third-order valence-electron chi connectivity index (χ3n) is 5.84. The predicted octanol–water partition coefficient (Wildman–Crippen LogP) is 2.05. The number of hydroxylamine groups is 2. The Bertz CT molecular complexity index is 722. The third-order valence-corrected chi connectivity index (χ3v) is 5.84. The van der Waals surface area contributed by atoms with Crippen LogP contribution in [0.2, 0.25) is 0 Å². The lowest BCUT2D eigenvalue weighted by molar-refractivity contribution is -0.155. The molecule has 8 nitrogen and oxygen atoms in total. The standard InChI is InChI=1S/C20H30FN5O3/c1-2-17-23-16(18(21)19(24-17)25-8-5-9-25)11-22-20(28)15(12-26(29)13-27)10-14-6-3-4-7-14/h13-15,29H,2-12H2,1H3,(H,22,28)/t15-/m1/s1. The molecule has 0 unspecified atom stereocenters. The third kappa shape index (κ3) is 5.41. The maximum atomic E-state index is 14.9. The van der Waals surface area contributed by atoms with Gasteiger partial charge < -0.3 is 10.2 Å². The Balaban J connectivity index is 1.68. The predicted molar refractivity (Wildman–Crippen MR) is 105 cm³/mol. The largest absolute Gasteiger partial charge is 0.354 e. The van der Waals surface area contributed by atoms with Crippen LogP contribution in [-0.4, -0.2) is 52.2 Å². The number of nitrogens with zero attached hydrogens (tertiary/aromatic N) is 4. The molecule has 1 saturated heterocycles. The fraction of sp³-hybridized carbons (Fsp3) is 0.700. The van der Waals surface area contributed by atoms with E-state index in [4.69, 9.17) is 0 Å². The lowest BCUT2D eigenvalue weighted by Crippen LogP contribution is -2.40. The molecule has 2 amide bonds. The fourth-order valence-corrected chi connectivity index (χ4v) is 4.04. The maximum absolute atomic E-state index is 14.9. The van der Waals surface area contributed by atoms with Gasteiger partial charge in [0.25, 0.3) is 0 Å². The number of rotatable bonds is 10. The lowest BCUT2D eigenvalue weighted by Gasteiger charge is -2.32. The summed E-state index contributed by atoms with van der Waals surface area (Å²) < 4.78 is 14.9. The van der Waals surface area contributed by atoms with E-state index in [1.165, 1.54) is 0 Å². The van der Waals surface area contributed by atoms with Crippen LogP contribution in [0.4, 0.5) is 10.2 Å². The summed E-state index contributed by atoms with van der Waals surface area (Å²) in [7, 11) is 0. The normalized spacial score (nSPS) is 17.7. The van der Waals surface area contributed by atoms with Crippen LogP contribution >= 0.6 is 0 Å². The van der Waals surface area contributed by atoms with Crippen molar-refractivity contribution < 1.29 is 19.2 Å². The summed E-state index contributed by atoms with van der Waals surface area (Å²) in [5.41, 5.74) is 0.169.